The fraction of sp³-hybridized carbons (Fsp3) is 0.667. The summed E-state index contributed by atoms with van der Waals surface area (Å²) in [6, 6.07) is 8.59. The van der Waals surface area contributed by atoms with Crippen LogP contribution < -0.4 is 15.5 Å². The summed E-state index contributed by atoms with van der Waals surface area (Å²) in [5.74, 6) is 0.197. The molecule has 144 valence electrons. The Morgan fingerprint density at radius 1 is 1.38 bits per heavy atom. The zero-order valence-corrected chi connectivity index (χ0v) is 16.6. The minimum Gasteiger partial charge on any atom is -0.370 e. The maximum Gasteiger partial charge on any atom is 0.237 e. The predicted octanol–water partition coefficient (Wildman–Crippen LogP) is 2.01. The van der Waals surface area contributed by atoms with Gasteiger partial charge in [-0.25, -0.2) is 0 Å². The lowest BCUT2D eigenvalue weighted by atomic mass is 9.77. The Morgan fingerprint density at radius 3 is 2.85 bits per heavy atom. The highest BCUT2D eigenvalue weighted by atomic mass is 16.2. The highest BCUT2D eigenvalue weighted by Crippen LogP contribution is 2.41. The number of aryl methyl sites for hydroxylation is 1. The third-order valence-electron chi connectivity index (χ3n) is 6.14. The third kappa shape index (κ3) is 4.38. The maximum absolute atomic E-state index is 12.8. The lowest BCUT2D eigenvalue weighted by Gasteiger charge is -2.33. The quantitative estimate of drug-likeness (QED) is 0.817. The average Bonchev–Trinajstić information content (AvgIpc) is 2.95. The van der Waals surface area contributed by atoms with E-state index in [0.29, 0.717) is 12.0 Å². The number of hydrogen-bond acceptors (Lipinski definition) is 4. The molecule has 1 aromatic carbocycles. The molecule has 2 N–H and O–H groups in total. The number of rotatable bonds is 6. The molecule has 0 bridgehead atoms. The van der Waals surface area contributed by atoms with Crippen molar-refractivity contribution in [2.24, 2.45) is 5.41 Å². The second-order valence-electron chi connectivity index (χ2n) is 8.09. The van der Waals surface area contributed by atoms with Crippen molar-refractivity contribution in [2.75, 3.05) is 51.2 Å². The van der Waals surface area contributed by atoms with Crippen molar-refractivity contribution >= 4 is 11.6 Å². The standard InChI is InChI=1S/C21H34N4O/c1-4-25(18-7-5-6-17(2)14-18)13-12-23-20(26)19-15-21(16-24(19)3)8-10-22-11-9-21/h5-7,14,19,22H,4,8-13,15-16H2,1-3H3,(H,23,26)/t19-/m0/s1. The van der Waals surface area contributed by atoms with Crippen LogP contribution in [0.25, 0.3) is 0 Å². The topological polar surface area (TPSA) is 47.6 Å². The van der Waals surface area contributed by atoms with Crippen molar-refractivity contribution in [2.45, 2.75) is 39.2 Å². The number of anilines is 1. The maximum atomic E-state index is 12.8. The minimum absolute atomic E-state index is 0.0298. The lowest BCUT2D eigenvalue weighted by Crippen LogP contribution is -2.44. The smallest absolute Gasteiger partial charge is 0.237 e. The van der Waals surface area contributed by atoms with Crippen LogP contribution in [0.1, 0.15) is 31.7 Å². The number of carbonyl (C=O) groups is 1. The van der Waals surface area contributed by atoms with Crippen LogP contribution in [0.4, 0.5) is 5.69 Å². The largest absolute Gasteiger partial charge is 0.370 e. The summed E-state index contributed by atoms with van der Waals surface area (Å²) in [5, 5.41) is 6.63. The molecule has 0 unspecified atom stereocenters. The van der Waals surface area contributed by atoms with Gasteiger partial charge in [-0.1, -0.05) is 12.1 Å². The van der Waals surface area contributed by atoms with Crippen LogP contribution in [0.5, 0.6) is 0 Å². The van der Waals surface area contributed by atoms with E-state index < -0.39 is 0 Å². The summed E-state index contributed by atoms with van der Waals surface area (Å²) < 4.78 is 0. The lowest BCUT2D eigenvalue weighted by molar-refractivity contribution is -0.125. The molecule has 1 aromatic rings. The number of hydrogen-bond donors (Lipinski definition) is 2. The molecule has 2 heterocycles. The van der Waals surface area contributed by atoms with Gasteiger partial charge in [-0.05, 0) is 76.4 Å². The molecule has 3 rings (SSSR count). The Kier molecular flexibility index (Phi) is 6.20. The van der Waals surface area contributed by atoms with Crippen molar-refractivity contribution in [1.29, 1.82) is 0 Å². The fourth-order valence-corrected chi connectivity index (χ4v) is 4.61. The number of amides is 1. The van der Waals surface area contributed by atoms with Gasteiger partial charge in [0.15, 0.2) is 0 Å². The summed E-state index contributed by atoms with van der Waals surface area (Å²) in [6.45, 7) is 9.99. The van der Waals surface area contributed by atoms with E-state index in [4.69, 9.17) is 0 Å². The Bertz CT molecular complexity index is 612. The molecule has 2 fully saturated rings. The third-order valence-corrected chi connectivity index (χ3v) is 6.14. The first-order valence-electron chi connectivity index (χ1n) is 10.0. The minimum atomic E-state index is 0.0298. The van der Waals surface area contributed by atoms with Crippen LogP contribution in [0.15, 0.2) is 24.3 Å². The first-order chi connectivity index (χ1) is 12.5. The Morgan fingerprint density at radius 2 is 2.15 bits per heavy atom. The molecule has 2 aliphatic heterocycles. The highest BCUT2D eigenvalue weighted by Gasteiger charge is 2.45. The van der Waals surface area contributed by atoms with E-state index >= 15 is 0 Å². The van der Waals surface area contributed by atoms with Gasteiger partial charge < -0.3 is 15.5 Å². The Hall–Kier alpha value is -1.59. The van der Waals surface area contributed by atoms with E-state index in [1.165, 1.54) is 24.1 Å². The summed E-state index contributed by atoms with van der Waals surface area (Å²) in [7, 11) is 2.10. The van der Waals surface area contributed by atoms with Gasteiger partial charge in [0.05, 0.1) is 6.04 Å². The summed E-state index contributed by atoms with van der Waals surface area (Å²) in [4.78, 5) is 17.3. The molecule has 0 aromatic heterocycles. The van der Waals surface area contributed by atoms with E-state index in [0.717, 1.165) is 39.1 Å². The van der Waals surface area contributed by atoms with Gasteiger partial charge in [-0.15, -0.1) is 0 Å². The van der Waals surface area contributed by atoms with Gasteiger partial charge in [0, 0.05) is 31.9 Å². The SMILES string of the molecule is CCN(CCNC(=O)[C@@H]1CC2(CCNCC2)CN1C)c1cccc(C)c1. The number of nitrogens with zero attached hydrogens (tertiary/aromatic N) is 2. The molecule has 2 aliphatic rings. The van der Waals surface area contributed by atoms with E-state index in [-0.39, 0.29) is 11.9 Å². The second-order valence-corrected chi connectivity index (χ2v) is 8.09. The zero-order chi connectivity index (χ0) is 18.6. The van der Waals surface area contributed by atoms with Crippen LogP contribution in [-0.4, -0.2) is 63.2 Å². The average molecular weight is 359 g/mol. The molecule has 1 spiro atoms. The number of benzene rings is 1. The molecule has 0 radical (unpaired) electrons. The predicted molar refractivity (Wildman–Crippen MR) is 108 cm³/mol. The van der Waals surface area contributed by atoms with Gasteiger partial charge in [0.2, 0.25) is 5.91 Å². The highest BCUT2D eigenvalue weighted by molar-refractivity contribution is 5.82. The molecule has 26 heavy (non-hydrogen) atoms. The normalized spacial score (nSPS) is 22.5. The van der Waals surface area contributed by atoms with Gasteiger partial charge in [0.25, 0.3) is 0 Å². The second kappa shape index (κ2) is 8.40. The van der Waals surface area contributed by atoms with Gasteiger partial charge >= 0.3 is 0 Å². The van der Waals surface area contributed by atoms with Crippen LogP contribution in [-0.2, 0) is 4.79 Å². The van der Waals surface area contributed by atoms with Crippen molar-refractivity contribution in [1.82, 2.24) is 15.5 Å². The molecule has 2 saturated heterocycles. The zero-order valence-electron chi connectivity index (χ0n) is 16.6. The van der Waals surface area contributed by atoms with Crippen LogP contribution >= 0.6 is 0 Å². The fourth-order valence-electron chi connectivity index (χ4n) is 4.61. The molecule has 0 aliphatic carbocycles. The number of likely N-dealkylation sites (N-methyl/N-ethyl adjacent to an activating group) is 2. The summed E-state index contributed by atoms with van der Waals surface area (Å²) >= 11 is 0. The molecule has 5 nitrogen and oxygen atoms in total. The van der Waals surface area contributed by atoms with Crippen molar-refractivity contribution in [3.8, 4) is 0 Å². The monoisotopic (exact) mass is 358 g/mol. The van der Waals surface area contributed by atoms with E-state index in [9.17, 15) is 4.79 Å². The van der Waals surface area contributed by atoms with Crippen LogP contribution in [0.2, 0.25) is 0 Å². The Labute approximate surface area is 158 Å². The van der Waals surface area contributed by atoms with E-state index in [1.807, 2.05) is 0 Å². The van der Waals surface area contributed by atoms with Crippen molar-refractivity contribution in [3.05, 3.63) is 29.8 Å². The molecular weight excluding hydrogens is 324 g/mol. The van der Waals surface area contributed by atoms with Crippen LogP contribution in [0.3, 0.4) is 0 Å². The van der Waals surface area contributed by atoms with Crippen molar-refractivity contribution in [3.63, 3.8) is 0 Å². The summed E-state index contributed by atoms with van der Waals surface area (Å²) in [5.41, 5.74) is 2.84. The number of carbonyl (C=O) groups excluding carboxylic acids is 1. The van der Waals surface area contributed by atoms with Gasteiger partial charge in [-0.2, -0.15) is 0 Å². The van der Waals surface area contributed by atoms with Gasteiger partial charge in [0.1, 0.15) is 0 Å². The first-order valence-corrected chi connectivity index (χ1v) is 10.0. The summed E-state index contributed by atoms with van der Waals surface area (Å²) in [6.07, 6.45) is 3.39. The van der Waals surface area contributed by atoms with Gasteiger partial charge in [-0.3, -0.25) is 9.69 Å². The molecular formula is C21H34N4O. The first kappa shape index (κ1) is 19.2. The number of likely N-dealkylation sites (tertiary alicyclic amines) is 1. The van der Waals surface area contributed by atoms with E-state index in [2.05, 4.69) is 65.6 Å². The number of nitrogens with one attached hydrogen (secondary N) is 2. The van der Waals surface area contributed by atoms with Crippen LogP contribution in [0, 0.1) is 12.3 Å². The van der Waals surface area contributed by atoms with E-state index in [1.54, 1.807) is 0 Å². The Balaban J connectivity index is 1.50. The molecule has 1 amide bonds. The molecule has 0 saturated carbocycles. The molecule has 1 atom stereocenters. The number of piperidine rings is 1. The van der Waals surface area contributed by atoms with Crippen molar-refractivity contribution < 1.29 is 4.79 Å². The molecule has 5 heteroatoms.